The Morgan fingerprint density at radius 2 is 2.29 bits per heavy atom. The number of ether oxygens (including phenoxy) is 1. The number of benzene rings is 1. The molecule has 1 aromatic carbocycles. The number of aliphatic imine (C=N–C) groups is 1. The lowest BCUT2D eigenvalue weighted by atomic mass is 10.2. The number of amidine groups is 1. The molecule has 4 nitrogen and oxygen atoms in total. The second kappa shape index (κ2) is 4.57. The minimum absolute atomic E-state index is 0.121. The van der Waals surface area contributed by atoms with Crippen LogP contribution in [0, 0.1) is 11.6 Å². The Morgan fingerprint density at radius 1 is 1.53 bits per heavy atom. The van der Waals surface area contributed by atoms with E-state index < -0.39 is 11.6 Å². The molecule has 0 radical (unpaired) electrons. The van der Waals surface area contributed by atoms with Crippen molar-refractivity contribution < 1.29 is 13.5 Å². The molecule has 0 saturated heterocycles. The van der Waals surface area contributed by atoms with Crippen LogP contribution < -0.4 is 10.6 Å². The van der Waals surface area contributed by atoms with Crippen LogP contribution in [0.4, 0.5) is 14.5 Å². The van der Waals surface area contributed by atoms with Crippen molar-refractivity contribution in [3.8, 4) is 0 Å². The quantitative estimate of drug-likeness (QED) is 0.862. The van der Waals surface area contributed by atoms with Crippen molar-refractivity contribution in [2.75, 3.05) is 25.1 Å². The van der Waals surface area contributed by atoms with Crippen LogP contribution >= 0.6 is 0 Å². The average Bonchev–Trinajstić information content (AvgIpc) is 2.63. The van der Waals surface area contributed by atoms with Gasteiger partial charge in [-0.1, -0.05) is 0 Å². The summed E-state index contributed by atoms with van der Waals surface area (Å²) >= 11 is 0. The molecule has 2 rings (SSSR count). The molecule has 2 N–H and O–H groups in total. The molecule has 0 bridgehead atoms. The molecule has 0 aliphatic carbocycles. The fraction of sp³-hybridized carbons (Fsp3) is 0.364. The van der Waals surface area contributed by atoms with Gasteiger partial charge in [0.05, 0.1) is 5.69 Å². The van der Waals surface area contributed by atoms with E-state index in [1.165, 1.54) is 12.1 Å². The second-order valence-corrected chi connectivity index (χ2v) is 3.91. The van der Waals surface area contributed by atoms with Crippen molar-refractivity contribution in [3.05, 3.63) is 29.8 Å². The third-order valence-electron chi connectivity index (χ3n) is 2.54. The predicted octanol–water partition coefficient (Wildman–Crippen LogP) is 1.11. The first-order valence-corrected chi connectivity index (χ1v) is 5.18. The molecule has 6 heteroatoms. The standard InChI is InChI=1S/C11H13F2N3O/c1-16(5-8-6-17-11(14)15-8)10-3-2-7(12)4-9(10)13/h2-4,8H,5-6H2,1H3,(H2,14,15). The van der Waals surface area contributed by atoms with Crippen LogP contribution in [-0.2, 0) is 4.74 Å². The summed E-state index contributed by atoms with van der Waals surface area (Å²) in [6.45, 7) is 0.849. The van der Waals surface area contributed by atoms with E-state index in [0.29, 0.717) is 18.8 Å². The second-order valence-electron chi connectivity index (χ2n) is 3.91. The smallest absolute Gasteiger partial charge is 0.282 e. The first-order valence-electron chi connectivity index (χ1n) is 5.18. The van der Waals surface area contributed by atoms with Gasteiger partial charge in [-0.3, -0.25) is 0 Å². The van der Waals surface area contributed by atoms with Crippen molar-refractivity contribution in [2.45, 2.75) is 6.04 Å². The highest BCUT2D eigenvalue weighted by molar-refractivity contribution is 5.73. The molecule has 0 saturated carbocycles. The Kier molecular flexibility index (Phi) is 3.12. The van der Waals surface area contributed by atoms with Gasteiger partial charge in [0.25, 0.3) is 6.02 Å². The van der Waals surface area contributed by atoms with E-state index >= 15 is 0 Å². The molecular formula is C11H13F2N3O. The van der Waals surface area contributed by atoms with E-state index in [9.17, 15) is 8.78 Å². The van der Waals surface area contributed by atoms with Gasteiger partial charge >= 0.3 is 0 Å². The molecule has 92 valence electrons. The van der Waals surface area contributed by atoms with Gasteiger partial charge in [-0.05, 0) is 12.1 Å². The number of nitrogens with two attached hydrogens (primary N) is 1. The van der Waals surface area contributed by atoms with Gasteiger partial charge in [0.1, 0.15) is 24.3 Å². The zero-order valence-electron chi connectivity index (χ0n) is 9.36. The van der Waals surface area contributed by atoms with E-state index in [2.05, 4.69) is 4.99 Å². The molecule has 0 spiro atoms. The van der Waals surface area contributed by atoms with E-state index in [-0.39, 0.29) is 12.1 Å². The fourth-order valence-electron chi connectivity index (χ4n) is 1.73. The molecule has 0 aromatic heterocycles. The van der Waals surface area contributed by atoms with Crippen LogP contribution in [0.25, 0.3) is 0 Å². The molecule has 17 heavy (non-hydrogen) atoms. The number of nitrogens with zero attached hydrogens (tertiary/aromatic N) is 2. The van der Waals surface area contributed by atoms with Crippen LogP contribution in [0.5, 0.6) is 0 Å². The highest BCUT2D eigenvalue weighted by atomic mass is 19.1. The van der Waals surface area contributed by atoms with E-state index in [1.54, 1.807) is 11.9 Å². The maximum atomic E-state index is 13.5. The van der Waals surface area contributed by atoms with Gasteiger partial charge in [-0.15, -0.1) is 0 Å². The van der Waals surface area contributed by atoms with Crippen molar-refractivity contribution in [1.29, 1.82) is 0 Å². The first kappa shape index (κ1) is 11.6. The Hall–Kier alpha value is -1.85. The molecule has 1 atom stereocenters. The van der Waals surface area contributed by atoms with E-state index in [4.69, 9.17) is 10.5 Å². The SMILES string of the molecule is CN(CC1COC(N)=N1)c1ccc(F)cc1F. The molecule has 0 fully saturated rings. The minimum atomic E-state index is -0.594. The van der Waals surface area contributed by atoms with Crippen LogP contribution in [-0.4, -0.2) is 32.3 Å². The number of halogens is 2. The van der Waals surface area contributed by atoms with Gasteiger partial charge in [0.2, 0.25) is 0 Å². The third kappa shape index (κ3) is 2.64. The zero-order chi connectivity index (χ0) is 12.4. The maximum Gasteiger partial charge on any atom is 0.282 e. The van der Waals surface area contributed by atoms with E-state index in [0.717, 1.165) is 6.07 Å². The van der Waals surface area contributed by atoms with Crippen LogP contribution in [0.3, 0.4) is 0 Å². The number of rotatable bonds is 3. The largest absolute Gasteiger partial charge is 0.463 e. The highest BCUT2D eigenvalue weighted by Crippen LogP contribution is 2.19. The number of hydrogen-bond acceptors (Lipinski definition) is 4. The van der Waals surface area contributed by atoms with Crippen LogP contribution in [0.2, 0.25) is 0 Å². The zero-order valence-corrected chi connectivity index (χ0v) is 9.36. The highest BCUT2D eigenvalue weighted by Gasteiger charge is 2.19. The summed E-state index contributed by atoms with van der Waals surface area (Å²) in [6, 6.07) is 3.51. The average molecular weight is 241 g/mol. The van der Waals surface area contributed by atoms with Crippen molar-refractivity contribution >= 4 is 11.7 Å². The maximum absolute atomic E-state index is 13.5. The Labute approximate surface area is 97.7 Å². The number of hydrogen-bond donors (Lipinski definition) is 1. The summed E-state index contributed by atoms with van der Waals surface area (Å²) < 4.78 is 31.2. The molecule has 1 aromatic rings. The summed E-state index contributed by atoms with van der Waals surface area (Å²) in [5.41, 5.74) is 5.70. The first-order chi connectivity index (χ1) is 8.06. The van der Waals surface area contributed by atoms with Gasteiger partial charge in [-0.2, -0.15) is 0 Å². The van der Waals surface area contributed by atoms with Gasteiger partial charge in [0, 0.05) is 19.7 Å². The molecular weight excluding hydrogens is 228 g/mol. The summed E-state index contributed by atoms with van der Waals surface area (Å²) in [7, 11) is 1.71. The summed E-state index contributed by atoms with van der Waals surface area (Å²) in [4.78, 5) is 5.69. The Balaban J connectivity index is 2.07. The monoisotopic (exact) mass is 241 g/mol. The summed E-state index contributed by atoms with van der Waals surface area (Å²) in [6.07, 6.45) is 0. The lowest BCUT2D eigenvalue weighted by Gasteiger charge is -2.21. The van der Waals surface area contributed by atoms with Crippen molar-refractivity contribution in [2.24, 2.45) is 10.7 Å². The molecule has 1 unspecified atom stereocenters. The summed E-state index contributed by atoms with van der Waals surface area (Å²) in [5.74, 6) is -1.19. The lowest BCUT2D eigenvalue weighted by molar-refractivity contribution is 0.314. The normalized spacial score (nSPS) is 18.8. The van der Waals surface area contributed by atoms with Crippen molar-refractivity contribution in [3.63, 3.8) is 0 Å². The van der Waals surface area contributed by atoms with E-state index in [1.807, 2.05) is 0 Å². The topological polar surface area (TPSA) is 50.9 Å². The van der Waals surface area contributed by atoms with Gasteiger partial charge in [0.15, 0.2) is 0 Å². The van der Waals surface area contributed by atoms with Crippen LogP contribution in [0.1, 0.15) is 0 Å². The number of anilines is 1. The van der Waals surface area contributed by atoms with Gasteiger partial charge in [-0.25, -0.2) is 13.8 Å². The van der Waals surface area contributed by atoms with Crippen molar-refractivity contribution in [1.82, 2.24) is 0 Å². The van der Waals surface area contributed by atoms with Gasteiger partial charge < -0.3 is 15.4 Å². The molecule has 1 aliphatic heterocycles. The molecule has 1 aliphatic rings. The predicted molar refractivity (Wildman–Crippen MR) is 61.0 cm³/mol. The fourth-order valence-corrected chi connectivity index (χ4v) is 1.73. The Bertz CT molecular complexity index is 450. The Morgan fingerprint density at radius 3 is 2.88 bits per heavy atom. The molecule has 0 amide bonds. The lowest BCUT2D eigenvalue weighted by Crippen LogP contribution is -2.29. The van der Waals surface area contributed by atoms with Crippen LogP contribution in [0.15, 0.2) is 23.2 Å². The third-order valence-corrected chi connectivity index (χ3v) is 2.54. The minimum Gasteiger partial charge on any atom is -0.463 e. The molecule has 1 heterocycles. The summed E-state index contributed by atoms with van der Waals surface area (Å²) in [5, 5.41) is 0. The number of likely N-dealkylation sites (N-methyl/N-ethyl adjacent to an activating group) is 1.